The van der Waals surface area contributed by atoms with Gasteiger partial charge < -0.3 is 15.0 Å². The molecule has 0 unspecified atom stereocenters. The zero-order valence-electron chi connectivity index (χ0n) is 18.3. The first kappa shape index (κ1) is 22.5. The molecule has 1 fully saturated rings. The van der Waals surface area contributed by atoms with Crippen LogP contribution in [0.5, 0.6) is 0 Å². The highest BCUT2D eigenvalue weighted by Gasteiger charge is 2.37. The number of rotatable bonds is 8. The van der Waals surface area contributed by atoms with Crippen molar-refractivity contribution in [2.75, 3.05) is 18.1 Å². The number of ether oxygens (including phenoxy) is 1. The van der Waals surface area contributed by atoms with E-state index in [1.165, 1.54) is 0 Å². The minimum absolute atomic E-state index is 0.0930. The van der Waals surface area contributed by atoms with E-state index in [0.717, 1.165) is 23.2 Å². The summed E-state index contributed by atoms with van der Waals surface area (Å²) < 4.78 is 5.23. The van der Waals surface area contributed by atoms with Crippen molar-refractivity contribution in [1.29, 1.82) is 0 Å². The van der Waals surface area contributed by atoms with Crippen LogP contribution >= 0.6 is 0 Å². The fraction of sp³-hybridized carbons (Fsp3) is 0.400. The van der Waals surface area contributed by atoms with Crippen LogP contribution in [-0.4, -0.2) is 30.9 Å². The SMILES string of the molecule is CC[C@H](C)c1ccccc1N1C[C@H](C(=O)OCC(=O)N[C@@H](C)c2ccccc2)CC1=O. The maximum Gasteiger partial charge on any atom is 0.311 e. The molecule has 2 aromatic carbocycles. The molecule has 6 heteroatoms. The van der Waals surface area contributed by atoms with E-state index in [1.807, 2.05) is 61.5 Å². The zero-order valence-corrected chi connectivity index (χ0v) is 18.3. The average Bonchev–Trinajstić information content (AvgIpc) is 3.19. The molecule has 0 saturated carbocycles. The molecule has 0 aromatic heterocycles. The van der Waals surface area contributed by atoms with Crippen LogP contribution in [0.4, 0.5) is 5.69 Å². The van der Waals surface area contributed by atoms with Crippen LogP contribution in [0.1, 0.15) is 56.7 Å². The van der Waals surface area contributed by atoms with Crippen LogP contribution in [0, 0.1) is 5.92 Å². The topological polar surface area (TPSA) is 75.7 Å². The van der Waals surface area contributed by atoms with E-state index in [9.17, 15) is 14.4 Å². The van der Waals surface area contributed by atoms with Gasteiger partial charge in [-0.05, 0) is 36.5 Å². The summed E-state index contributed by atoms with van der Waals surface area (Å²) in [6.07, 6.45) is 1.05. The molecular weight excluding hydrogens is 392 g/mol. The first-order valence-electron chi connectivity index (χ1n) is 10.8. The standard InChI is InChI=1S/C25H30N2O4/c1-4-17(2)21-12-8-9-13-22(21)27-15-20(14-24(27)29)25(30)31-16-23(28)26-18(3)19-10-6-5-7-11-19/h5-13,17-18,20H,4,14-16H2,1-3H3,(H,26,28)/t17-,18-,20+/m0/s1. The first-order chi connectivity index (χ1) is 14.9. The number of nitrogens with one attached hydrogen (secondary N) is 1. The molecule has 3 atom stereocenters. The molecular formula is C25H30N2O4. The zero-order chi connectivity index (χ0) is 22.4. The monoisotopic (exact) mass is 422 g/mol. The van der Waals surface area contributed by atoms with Gasteiger partial charge in [-0.3, -0.25) is 14.4 Å². The Morgan fingerprint density at radius 2 is 1.77 bits per heavy atom. The van der Waals surface area contributed by atoms with Gasteiger partial charge in [-0.15, -0.1) is 0 Å². The van der Waals surface area contributed by atoms with Gasteiger partial charge in [-0.1, -0.05) is 62.4 Å². The summed E-state index contributed by atoms with van der Waals surface area (Å²) in [6.45, 7) is 6.02. The van der Waals surface area contributed by atoms with Crippen LogP contribution in [0.15, 0.2) is 54.6 Å². The molecule has 1 saturated heterocycles. The molecule has 31 heavy (non-hydrogen) atoms. The average molecular weight is 423 g/mol. The lowest BCUT2D eigenvalue weighted by Gasteiger charge is -2.23. The number of hydrogen-bond donors (Lipinski definition) is 1. The van der Waals surface area contributed by atoms with Crippen LogP contribution in [0.25, 0.3) is 0 Å². The van der Waals surface area contributed by atoms with Gasteiger partial charge in [0, 0.05) is 18.7 Å². The van der Waals surface area contributed by atoms with E-state index in [2.05, 4.69) is 19.2 Å². The van der Waals surface area contributed by atoms with E-state index in [1.54, 1.807) is 4.90 Å². The number of anilines is 1. The predicted molar refractivity (Wildman–Crippen MR) is 120 cm³/mol. The highest BCUT2D eigenvalue weighted by Crippen LogP contribution is 2.33. The number of esters is 1. The molecule has 164 valence electrons. The smallest absolute Gasteiger partial charge is 0.311 e. The van der Waals surface area contributed by atoms with E-state index in [-0.39, 0.29) is 37.4 Å². The Morgan fingerprint density at radius 3 is 2.48 bits per heavy atom. The molecule has 0 bridgehead atoms. The Morgan fingerprint density at radius 1 is 1.10 bits per heavy atom. The van der Waals surface area contributed by atoms with E-state index < -0.39 is 11.9 Å². The summed E-state index contributed by atoms with van der Waals surface area (Å²) in [6, 6.07) is 17.2. The number of amides is 2. The van der Waals surface area contributed by atoms with E-state index in [4.69, 9.17) is 4.74 Å². The number of carbonyl (C=O) groups is 3. The third-order valence-corrected chi connectivity index (χ3v) is 5.85. The Hall–Kier alpha value is -3.15. The largest absolute Gasteiger partial charge is 0.455 e. The maximum atomic E-state index is 12.6. The highest BCUT2D eigenvalue weighted by molar-refractivity contribution is 6.00. The predicted octanol–water partition coefficient (Wildman–Crippen LogP) is 3.97. The van der Waals surface area contributed by atoms with Crippen molar-refractivity contribution in [2.45, 2.75) is 45.6 Å². The van der Waals surface area contributed by atoms with Crippen molar-refractivity contribution in [3.8, 4) is 0 Å². The van der Waals surface area contributed by atoms with Crippen molar-refractivity contribution in [3.63, 3.8) is 0 Å². The second kappa shape index (κ2) is 10.2. The second-order valence-electron chi connectivity index (χ2n) is 8.08. The van der Waals surface area contributed by atoms with Crippen molar-refractivity contribution >= 4 is 23.5 Å². The Bertz CT molecular complexity index is 928. The van der Waals surface area contributed by atoms with Gasteiger partial charge in [-0.2, -0.15) is 0 Å². The summed E-state index contributed by atoms with van der Waals surface area (Å²) >= 11 is 0. The summed E-state index contributed by atoms with van der Waals surface area (Å²) in [5.74, 6) is -1.24. The lowest BCUT2D eigenvalue weighted by molar-refractivity contribution is -0.152. The van der Waals surface area contributed by atoms with Gasteiger partial charge in [0.1, 0.15) is 0 Å². The van der Waals surface area contributed by atoms with Crippen molar-refractivity contribution in [1.82, 2.24) is 5.32 Å². The fourth-order valence-corrected chi connectivity index (χ4v) is 3.83. The minimum atomic E-state index is -0.572. The molecule has 1 aliphatic rings. The molecule has 1 aliphatic heterocycles. The molecule has 0 aliphatic carbocycles. The maximum absolute atomic E-state index is 12.6. The van der Waals surface area contributed by atoms with Crippen LogP contribution in [-0.2, 0) is 19.1 Å². The normalized spacial score (nSPS) is 17.8. The molecule has 3 rings (SSSR count). The molecule has 2 amide bonds. The number of hydrogen-bond acceptors (Lipinski definition) is 4. The lowest BCUT2D eigenvalue weighted by atomic mass is 9.96. The van der Waals surface area contributed by atoms with E-state index >= 15 is 0 Å². The quantitative estimate of drug-likeness (QED) is 0.653. The minimum Gasteiger partial charge on any atom is -0.455 e. The number of benzene rings is 2. The third-order valence-electron chi connectivity index (χ3n) is 5.85. The summed E-state index contributed by atoms with van der Waals surface area (Å²) in [5, 5.41) is 2.82. The molecule has 2 aromatic rings. The highest BCUT2D eigenvalue weighted by atomic mass is 16.5. The van der Waals surface area contributed by atoms with Gasteiger partial charge in [-0.25, -0.2) is 0 Å². The van der Waals surface area contributed by atoms with Crippen LogP contribution in [0.3, 0.4) is 0 Å². The van der Waals surface area contributed by atoms with Gasteiger partial charge >= 0.3 is 5.97 Å². The number of para-hydroxylation sites is 1. The van der Waals surface area contributed by atoms with Crippen LogP contribution < -0.4 is 10.2 Å². The van der Waals surface area contributed by atoms with Crippen molar-refractivity contribution < 1.29 is 19.1 Å². The molecule has 0 radical (unpaired) electrons. The first-order valence-corrected chi connectivity index (χ1v) is 10.8. The van der Waals surface area contributed by atoms with Crippen molar-refractivity contribution in [2.24, 2.45) is 5.92 Å². The van der Waals surface area contributed by atoms with Crippen molar-refractivity contribution in [3.05, 3.63) is 65.7 Å². The van der Waals surface area contributed by atoms with Gasteiger partial charge in [0.05, 0.1) is 12.0 Å². The fourth-order valence-electron chi connectivity index (χ4n) is 3.83. The van der Waals surface area contributed by atoms with Crippen LogP contribution in [0.2, 0.25) is 0 Å². The third kappa shape index (κ3) is 5.51. The Balaban J connectivity index is 1.56. The second-order valence-corrected chi connectivity index (χ2v) is 8.08. The van der Waals surface area contributed by atoms with E-state index in [0.29, 0.717) is 5.92 Å². The summed E-state index contributed by atoms with van der Waals surface area (Å²) in [5.41, 5.74) is 2.92. The number of nitrogens with zero attached hydrogens (tertiary/aromatic N) is 1. The van der Waals surface area contributed by atoms with Gasteiger partial charge in [0.25, 0.3) is 5.91 Å². The Labute approximate surface area is 183 Å². The molecule has 1 N–H and O–H groups in total. The Kier molecular flexibility index (Phi) is 7.45. The summed E-state index contributed by atoms with van der Waals surface area (Å²) in [4.78, 5) is 39.0. The molecule has 6 nitrogen and oxygen atoms in total. The number of carbonyl (C=O) groups excluding carboxylic acids is 3. The lowest BCUT2D eigenvalue weighted by Crippen LogP contribution is -2.33. The van der Waals surface area contributed by atoms with Gasteiger partial charge in [0.2, 0.25) is 5.91 Å². The summed E-state index contributed by atoms with van der Waals surface area (Å²) in [7, 11) is 0. The molecule has 1 heterocycles. The van der Waals surface area contributed by atoms with Gasteiger partial charge in [0.15, 0.2) is 6.61 Å². The molecule has 0 spiro atoms.